The van der Waals surface area contributed by atoms with Gasteiger partial charge in [-0.1, -0.05) is 6.07 Å². The summed E-state index contributed by atoms with van der Waals surface area (Å²) in [5.74, 6) is -0.0332. The Balaban J connectivity index is 1.76. The number of anilines is 1. The van der Waals surface area contributed by atoms with E-state index in [1.54, 1.807) is 19.1 Å². The molecule has 0 N–H and O–H groups in total. The lowest BCUT2D eigenvalue weighted by Crippen LogP contribution is -2.38. The van der Waals surface area contributed by atoms with Crippen molar-refractivity contribution >= 4 is 23.0 Å². The predicted octanol–water partition coefficient (Wildman–Crippen LogP) is 3.17. The van der Waals surface area contributed by atoms with Gasteiger partial charge < -0.3 is 9.64 Å². The van der Waals surface area contributed by atoms with Crippen molar-refractivity contribution in [3.63, 3.8) is 0 Å². The number of rotatable bonds is 5. The summed E-state index contributed by atoms with van der Waals surface area (Å²) < 4.78 is 5.52. The molecule has 0 bridgehead atoms. The van der Waals surface area contributed by atoms with Crippen LogP contribution >= 0.6 is 0 Å². The van der Waals surface area contributed by atoms with Gasteiger partial charge in [0.05, 0.1) is 15.4 Å². The molecule has 2 aromatic rings. The molecule has 140 valence electrons. The number of amides is 1. The largest absolute Gasteiger partial charge is 0.483 e. The van der Waals surface area contributed by atoms with Crippen molar-refractivity contribution in [2.45, 2.75) is 19.8 Å². The first kappa shape index (κ1) is 18.3. The second-order valence-corrected chi connectivity index (χ2v) is 6.17. The second kappa shape index (κ2) is 7.40. The van der Waals surface area contributed by atoms with Crippen LogP contribution in [-0.4, -0.2) is 28.9 Å². The molecule has 0 radical (unpaired) electrons. The van der Waals surface area contributed by atoms with E-state index >= 15 is 0 Å². The van der Waals surface area contributed by atoms with E-state index in [0.717, 1.165) is 5.56 Å². The molecule has 0 fully saturated rings. The van der Waals surface area contributed by atoms with Gasteiger partial charge in [-0.15, -0.1) is 0 Å². The third kappa shape index (κ3) is 3.71. The number of benzene rings is 2. The molecule has 0 aliphatic carbocycles. The summed E-state index contributed by atoms with van der Waals surface area (Å²) in [5.41, 5.74) is 1.65. The van der Waals surface area contributed by atoms with Gasteiger partial charge >= 0.3 is 0 Å². The number of aryl methyl sites for hydroxylation is 1. The van der Waals surface area contributed by atoms with Crippen molar-refractivity contribution in [3.8, 4) is 5.75 Å². The van der Waals surface area contributed by atoms with Gasteiger partial charge in [0.25, 0.3) is 17.3 Å². The van der Waals surface area contributed by atoms with Crippen LogP contribution in [0.25, 0.3) is 0 Å². The predicted molar refractivity (Wildman–Crippen MR) is 97.1 cm³/mol. The molecule has 1 aliphatic heterocycles. The van der Waals surface area contributed by atoms with Crippen LogP contribution in [0.4, 0.5) is 17.1 Å². The molecule has 0 atom stereocenters. The highest BCUT2D eigenvalue weighted by Crippen LogP contribution is 2.31. The van der Waals surface area contributed by atoms with Crippen molar-refractivity contribution in [2.24, 2.45) is 0 Å². The van der Waals surface area contributed by atoms with Crippen LogP contribution in [0.2, 0.25) is 0 Å². The average molecular weight is 371 g/mol. The molecular weight excluding hydrogens is 354 g/mol. The van der Waals surface area contributed by atoms with Crippen molar-refractivity contribution in [2.75, 3.05) is 18.1 Å². The summed E-state index contributed by atoms with van der Waals surface area (Å²) in [6, 6.07) is 8.88. The van der Waals surface area contributed by atoms with E-state index in [9.17, 15) is 25.0 Å². The fourth-order valence-electron chi connectivity index (χ4n) is 3.13. The zero-order valence-electron chi connectivity index (χ0n) is 14.6. The summed E-state index contributed by atoms with van der Waals surface area (Å²) in [6.07, 6.45) is 1.35. The minimum absolute atomic E-state index is 0.00785. The second-order valence-electron chi connectivity index (χ2n) is 6.17. The summed E-state index contributed by atoms with van der Waals surface area (Å²) in [7, 11) is 0. The van der Waals surface area contributed by atoms with Crippen LogP contribution in [0.3, 0.4) is 0 Å². The van der Waals surface area contributed by atoms with E-state index in [1.165, 1.54) is 29.2 Å². The molecule has 1 heterocycles. The maximum absolute atomic E-state index is 12.6. The van der Waals surface area contributed by atoms with E-state index in [1.807, 2.05) is 0 Å². The molecular formula is C18H17N3O6. The third-order valence-electron chi connectivity index (χ3n) is 4.50. The molecule has 1 amide bonds. The Morgan fingerprint density at radius 2 is 1.96 bits per heavy atom. The molecule has 9 nitrogen and oxygen atoms in total. The van der Waals surface area contributed by atoms with Crippen LogP contribution in [0.5, 0.6) is 5.75 Å². The first-order valence-electron chi connectivity index (χ1n) is 8.33. The normalized spacial score (nSPS) is 13.0. The number of hydrogen-bond acceptors (Lipinski definition) is 6. The number of non-ortho nitro benzene ring substituents is 1. The number of nitrogens with zero attached hydrogens (tertiary/aromatic N) is 3. The highest BCUT2D eigenvalue weighted by molar-refractivity contribution is 5.95. The Labute approximate surface area is 154 Å². The molecule has 0 saturated heterocycles. The maximum Gasteiger partial charge on any atom is 0.276 e. The van der Waals surface area contributed by atoms with Gasteiger partial charge in [0.1, 0.15) is 5.75 Å². The van der Waals surface area contributed by atoms with Crippen molar-refractivity contribution in [1.82, 2.24) is 0 Å². The van der Waals surface area contributed by atoms with Crippen LogP contribution in [0, 0.1) is 27.2 Å². The highest BCUT2D eigenvalue weighted by Gasteiger charge is 2.25. The number of carbonyl (C=O) groups excluding carboxylic acids is 1. The number of nitro benzene ring substituents is 2. The Morgan fingerprint density at radius 1 is 1.19 bits per heavy atom. The zero-order valence-corrected chi connectivity index (χ0v) is 14.6. The van der Waals surface area contributed by atoms with Gasteiger partial charge in [0.15, 0.2) is 6.61 Å². The summed E-state index contributed by atoms with van der Waals surface area (Å²) >= 11 is 0. The number of nitro groups is 2. The SMILES string of the molecule is Cc1c(OCC(=O)N2CCCc3cc([N+](=O)[O-])ccc32)cccc1[N+](=O)[O-]. The topological polar surface area (TPSA) is 116 Å². The molecule has 1 aliphatic rings. The van der Waals surface area contributed by atoms with E-state index in [0.29, 0.717) is 30.6 Å². The van der Waals surface area contributed by atoms with Gasteiger partial charge in [0, 0.05) is 30.4 Å². The number of hydrogen-bond donors (Lipinski definition) is 0. The van der Waals surface area contributed by atoms with Crippen LogP contribution < -0.4 is 9.64 Å². The first-order valence-corrected chi connectivity index (χ1v) is 8.33. The molecule has 0 spiro atoms. The van der Waals surface area contributed by atoms with E-state index < -0.39 is 9.85 Å². The summed E-state index contributed by atoms with van der Waals surface area (Å²) in [6.45, 7) is 1.77. The number of fused-ring (bicyclic) bond motifs is 1. The minimum atomic E-state index is -0.502. The van der Waals surface area contributed by atoms with Crippen molar-refractivity contribution < 1.29 is 19.4 Å². The lowest BCUT2D eigenvalue weighted by molar-refractivity contribution is -0.385. The van der Waals surface area contributed by atoms with Crippen molar-refractivity contribution in [3.05, 3.63) is 67.8 Å². The molecule has 9 heteroatoms. The summed E-state index contributed by atoms with van der Waals surface area (Å²) in [4.78, 5) is 35.1. The Bertz CT molecular complexity index is 927. The maximum atomic E-state index is 12.6. The molecule has 27 heavy (non-hydrogen) atoms. The fraction of sp³-hybridized carbons (Fsp3) is 0.278. The lowest BCUT2D eigenvalue weighted by Gasteiger charge is -2.29. The summed E-state index contributed by atoms with van der Waals surface area (Å²) in [5, 5.41) is 21.9. The van der Waals surface area contributed by atoms with Crippen LogP contribution in [0.1, 0.15) is 17.5 Å². The fourth-order valence-corrected chi connectivity index (χ4v) is 3.13. The Morgan fingerprint density at radius 3 is 2.67 bits per heavy atom. The van der Waals surface area contributed by atoms with Crippen LogP contribution in [-0.2, 0) is 11.2 Å². The minimum Gasteiger partial charge on any atom is -0.483 e. The number of carbonyl (C=O) groups is 1. The first-order chi connectivity index (χ1) is 12.9. The van der Waals surface area contributed by atoms with Crippen LogP contribution in [0.15, 0.2) is 36.4 Å². The molecule has 2 aromatic carbocycles. The van der Waals surface area contributed by atoms with E-state index in [-0.39, 0.29) is 29.6 Å². The monoisotopic (exact) mass is 371 g/mol. The van der Waals surface area contributed by atoms with Crippen molar-refractivity contribution in [1.29, 1.82) is 0 Å². The third-order valence-corrected chi connectivity index (χ3v) is 4.50. The van der Waals surface area contributed by atoms with Gasteiger partial charge in [-0.05, 0) is 37.5 Å². The average Bonchev–Trinajstić information content (AvgIpc) is 2.65. The van der Waals surface area contributed by atoms with E-state index in [4.69, 9.17) is 4.74 Å². The Hall–Kier alpha value is -3.49. The molecule has 3 rings (SSSR count). The number of ether oxygens (including phenoxy) is 1. The highest BCUT2D eigenvalue weighted by atomic mass is 16.6. The standard InChI is InChI=1S/C18H17N3O6/c1-12-15(21(25)26)5-2-6-17(12)27-11-18(22)19-9-3-4-13-10-14(20(23)24)7-8-16(13)19/h2,5-8,10H,3-4,9,11H2,1H3. The van der Waals surface area contributed by atoms with Gasteiger partial charge in [-0.25, -0.2) is 0 Å². The lowest BCUT2D eigenvalue weighted by atomic mass is 10.0. The Kier molecular flexibility index (Phi) is 5.02. The molecule has 0 unspecified atom stereocenters. The zero-order chi connectivity index (χ0) is 19.6. The van der Waals surface area contributed by atoms with E-state index in [2.05, 4.69) is 0 Å². The van der Waals surface area contributed by atoms with Gasteiger partial charge in [-0.2, -0.15) is 0 Å². The van der Waals surface area contributed by atoms with Gasteiger partial charge in [0.2, 0.25) is 0 Å². The molecule has 0 aromatic heterocycles. The molecule has 0 saturated carbocycles. The smallest absolute Gasteiger partial charge is 0.276 e. The quantitative estimate of drug-likeness (QED) is 0.589. The van der Waals surface area contributed by atoms with Gasteiger partial charge in [-0.3, -0.25) is 25.0 Å².